The van der Waals surface area contributed by atoms with E-state index in [1.54, 1.807) is 28.3 Å². The highest BCUT2D eigenvalue weighted by Gasteiger charge is 2.20. The molecule has 7 nitrogen and oxygen atoms in total. The first-order chi connectivity index (χ1) is 12.6. The van der Waals surface area contributed by atoms with Gasteiger partial charge in [0, 0.05) is 23.9 Å². The number of aryl methyl sites for hydroxylation is 4. The van der Waals surface area contributed by atoms with Crippen LogP contribution < -0.4 is 10.9 Å². The van der Waals surface area contributed by atoms with Crippen molar-refractivity contribution < 1.29 is 9.32 Å². The number of rotatable bonds is 5. The first-order valence-corrected chi connectivity index (χ1v) is 9.62. The molecule has 3 aromatic rings. The zero-order valence-corrected chi connectivity index (χ0v) is 15.4. The first-order valence-electron chi connectivity index (χ1n) is 8.80. The molecule has 1 amide bonds. The van der Waals surface area contributed by atoms with Gasteiger partial charge in [0.1, 0.15) is 4.83 Å². The molecule has 0 unspecified atom stereocenters. The topological polar surface area (TPSA) is 90.0 Å². The Morgan fingerprint density at radius 1 is 1.38 bits per heavy atom. The molecule has 0 bridgehead atoms. The molecule has 3 aromatic heterocycles. The fourth-order valence-electron chi connectivity index (χ4n) is 3.34. The van der Waals surface area contributed by atoms with Gasteiger partial charge in [-0.15, -0.1) is 11.3 Å². The Bertz CT molecular complexity index is 1020. The van der Waals surface area contributed by atoms with Crippen LogP contribution in [-0.2, 0) is 30.7 Å². The Morgan fingerprint density at radius 2 is 2.23 bits per heavy atom. The van der Waals surface area contributed by atoms with Crippen molar-refractivity contribution >= 4 is 27.5 Å². The lowest BCUT2D eigenvalue weighted by Gasteiger charge is -2.10. The monoisotopic (exact) mass is 372 g/mol. The molecule has 0 atom stereocenters. The van der Waals surface area contributed by atoms with Gasteiger partial charge in [0.05, 0.1) is 24.0 Å². The van der Waals surface area contributed by atoms with Gasteiger partial charge in [-0.05, 0) is 38.2 Å². The van der Waals surface area contributed by atoms with Crippen LogP contribution in [-0.4, -0.2) is 20.6 Å². The molecular formula is C18H20N4O3S. The summed E-state index contributed by atoms with van der Waals surface area (Å²) in [6.07, 6.45) is 6.06. The van der Waals surface area contributed by atoms with Crippen molar-refractivity contribution in [2.75, 3.05) is 0 Å². The molecule has 0 saturated heterocycles. The summed E-state index contributed by atoms with van der Waals surface area (Å²) in [5, 5.41) is 7.31. The fraction of sp³-hybridized carbons (Fsp3) is 0.444. The molecule has 0 aromatic carbocycles. The van der Waals surface area contributed by atoms with Gasteiger partial charge in [-0.25, -0.2) is 4.98 Å². The summed E-state index contributed by atoms with van der Waals surface area (Å²) in [7, 11) is 0. The molecule has 0 fully saturated rings. The second-order valence-corrected chi connectivity index (χ2v) is 7.68. The number of carbonyl (C=O) groups is 1. The minimum Gasteiger partial charge on any atom is -0.359 e. The Morgan fingerprint density at radius 3 is 3.04 bits per heavy atom. The Kier molecular flexibility index (Phi) is 4.58. The van der Waals surface area contributed by atoms with E-state index in [4.69, 9.17) is 4.52 Å². The summed E-state index contributed by atoms with van der Waals surface area (Å²) in [5.74, 6) is 0.472. The highest BCUT2D eigenvalue weighted by molar-refractivity contribution is 7.18. The summed E-state index contributed by atoms with van der Waals surface area (Å²) >= 11 is 1.63. The minimum absolute atomic E-state index is 0.0342. The third kappa shape index (κ3) is 3.29. The number of nitrogens with zero attached hydrogens (tertiary/aromatic N) is 3. The maximum Gasteiger partial charge on any atom is 0.262 e. The molecule has 136 valence electrons. The van der Waals surface area contributed by atoms with Crippen molar-refractivity contribution in [3.63, 3.8) is 0 Å². The SMILES string of the molecule is Cc1cc(CNC(=O)CCn2cnc3sc4c(c3c2=O)CCCC4)on1. The van der Waals surface area contributed by atoms with E-state index < -0.39 is 0 Å². The molecule has 26 heavy (non-hydrogen) atoms. The molecule has 0 saturated carbocycles. The van der Waals surface area contributed by atoms with Crippen LogP contribution in [0.5, 0.6) is 0 Å². The van der Waals surface area contributed by atoms with Crippen LogP contribution in [0.25, 0.3) is 10.2 Å². The van der Waals surface area contributed by atoms with Gasteiger partial charge in [-0.3, -0.25) is 14.2 Å². The summed E-state index contributed by atoms with van der Waals surface area (Å²) in [5.41, 5.74) is 1.92. The van der Waals surface area contributed by atoms with Gasteiger partial charge < -0.3 is 9.84 Å². The van der Waals surface area contributed by atoms with E-state index in [-0.39, 0.29) is 17.9 Å². The quantitative estimate of drug-likeness (QED) is 0.742. The normalized spacial score (nSPS) is 13.7. The van der Waals surface area contributed by atoms with Gasteiger partial charge >= 0.3 is 0 Å². The number of aromatic nitrogens is 3. The van der Waals surface area contributed by atoms with E-state index in [0.717, 1.165) is 35.2 Å². The molecule has 8 heteroatoms. The second kappa shape index (κ2) is 7.03. The van der Waals surface area contributed by atoms with Gasteiger partial charge in [0.15, 0.2) is 5.76 Å². The highest BCUT2D eigenvalue weighted by atomic mass is 32.1. The van der Waals surface area contributed by atoms with Gasteiger partial charge in [0.2, 0.25) is 5.91 Å². The molecule has 1 N–H and O–H groups in total. The number of hydrogen-bond donors (Lipinski definition) is 1. The van der Waals surface area contributed by atoms with E-state index in [0.29, 0.717) is 18.8 Å². The largest absolute Gasteiger partial charge is 0.359 e. The predicted molar refractivity (Wildman–Crippen MR) is 98.2 cm³/mol. The zero-order valence-electron chi connectivity index (χ0n) is 14.6. The van der Waals surface area contributed by atoms with E-state index in [1.165, 1.54) is 16.9 Å². The maximum absolute atomic E-state index is 12.8. The second-order valence-electron chi connectivity index (χ2n) is 6.60. The van der Waals surface area contributed by atoms with Crippen LogP contribution >= 0.6 is 11.3 Å². The van der Waals surface area contributed by atoms with Gasteiger partial charge in [0.25, 0.3) is 5.56 Å². The molecule has 0 spiro atoms. The van der Waals surface area contributed by atoms with Crippen molar-refractivity contribution in [1.29, 1.82) is 0 Å². The minimum atomic E-state index is -0.140. The molecule has 1 aliphatic rings. The Balaban J connectivity index is 1.44. The van der Waals surface area contributed by atoms with Crippen molar-refractivity contribution in [3.05, 3.63) is 44.6 Å². The summed E-state index contributed by atoms with van der Waals surface area (Å²) in [6, 6.07) is 1.78. The molecule has 0 radical (unpaired) electrons. The van der Waals surface area contributed by atoms with Crippen LogP contribution in [0.3, 0.4) is 0 Å². The lowest BCUT2D eigenvalue weighted by atomic mass is 9.97. The van der Waals surface area contributed by atoms with Gasteiger partial charge in [-0.2, -0.15) is 0 Å². The van der Waals surface area contributed by atoms with Crippen LogP contribution in [0.4, 0.5) is 0 Å². The smallest absolute Gasteiger partial charge is 0.262 e. The van der Waals surface area contributed by atoms with Crippen molar-refractivity contribution in [1.82, 2.24) is 20.0 Å². The number of hydrogen-bond acceptors (Lipinski definition) is 6. The van der Waals surface area contributed by atoms with Crippen molar-refractivity contribution in [2.45, 2.75) is 52.1 Å². The number of fused-ring (bicyclic) bond motifs is 3. The average Bonchev–Trinajstić information content (AvgIpc) is 3.22. The fourth-order valence-corrected chi connectivity index (χ4v) is 4.56. The van der Waals surface area contributed by atoms with Gasteiger partial charge in [-0.1, -0.05) is 5.16 Å². The van der Waals surface area contributed by atoms with Crippen LogP contribution in [0.15, 0.2) is 21.7 Å². The Hall–Kier alpha value is -2.48. The summed E-state index contributed by atoms with van der Waals surface area (Å²) in [4.78, 5) is 31.4. The van der Waals surface area contributed by atoms with Crippen LogP contribution in [0.2, 0.25) is 0 Å². The van der Waals surface area contributed by atoms with Crippen LogP contribution in [0.1, 0.15) is 41.2 Å². The number of carbonyl (C=O) groups excluding carboxylic acids is 1. The molecular weight excluding hydrogens is 352 g/mol. The zero-order chi connectivity index (χ0) is 18.1. The summed E-state index contributed by atoms with van der Waals surface area (Å²) < 4.78 is 6.60. The van der Waals surface area contributed by atoms with Crippen LogP contribution in [0, 0.1) is 6.92 Å². The Labute approximate surface area is 154 Å². The lowest BCUT2D eigenvalue weighted by Crippen LogP contribution is -2.27. The maximum atomic E-state index is 12.8. The number of amides is 1. The van der Waals surface area contributed by atoms with E-state index in [2.05, 4.69) is 15.5 Å². The third-order valence-electron chi connectivity index (χ3n) is 4.66. The van der Waals surface area contributed by atoms with E-state index in [9.17, 15) is 9.59 Å². The molecule has 4 rings (SSSR count). The number of thiophene rings is 1. The van der Waals surface area contributed by atoms with E-state index >= 15 is 0 Å². The predicted octanol–water partition coefficient (Wildman–Crippen LogP) is 2.34. The molecule has 0 aliphatic heterocycles. The molecule has 1 aliphatic carbocycles. The lowest BCUT2D eigenvalue weighted by molar-refractivity contribution is -0.121. The number of nitrogens with one attached hydrogen (secondary N) is 1. The third-order valence-corrected chi connectivity index (χ3v) is 5.86. The van der Waals surface area contributed by atoms with E-state index in [1.807, 2.05) is 6.92 Å². The first kappa shape index (κ1) is 17.0. The average molecular weight is 372 g/mol. The highest BCUT2D eigenvalue weighted by Crippen LogP contribution is 2.33. The standard InChI is InChI=1S/C18H20N4O3S/c1-11-8-12(25-21-11)9-19-15(23)6-7-22-10-20-17-16(18(22)24)13-4-2-3-5-14(13)26-17/h8,10H,2-7,9H2,1H3,(H,19,23). The summed E-state index contributed by atoms with van der Waals surface area (Å²) in [6.45, 7) is 2.44. The van der Waals surface area contributed by atoms with Crippen molar-refractivity contribution in [2.24, 2.45) is 0 Å². The van der Waals surface area contributed by atoms with Crippen molar-refractivity contribution in [3.8, 4) is 0 Å². The molecule has 3 heterocycles.